The molecular formula is C15H18ClFN2O3. The van der Waals surface area contributed by atoms with Crippen molar-refractivity contribution >= 4 is 23.6 Å². The van der Waals surface area contributed by atoms with Gasteiger partial charge in [0.2, 0.25) is 0 Å². The third-order valence-electron chi connectivity index (χ3n) is 3.83. The molecule has 1 aromatic carbocycles. The van der Waals surface area contributed by atoms with E-state index in [0.29, 0.717) is 19.4 Å². The molecule has 2 unspecified atom stereocenters. The van der Waals surface area contributed by atoms with Crippen molar-refractivity contribution in [2.75, 3.05) is 13.1 Å². The summed E-state index contributed by atoms with van der Waals surface area (Å²) in [5.41, 5.74) is 0.226. The van der Waals surface area contributed by atoms with Crippen LogP contribution in [0.2, 0.25) is 5.02 Å². The monoisotopic (exact) mass is 328 g/mol. The first-order valence-electron chi connectivity index (χ1n) is 7.12. The molecule has 22 heavy (non-hydrogen) atoms. The Hall–Kier alpha value is -1.82. The van der Waals surface area contributed by atoms with Crippen molar-refractivity contribution in [3.63, 3.8) is 0 Å². The third kappa shape index (κ3) is 3.68. The van der Waals surface area contributed by atoms with Crippen molar-refractivity contribution in [2.45, 2.75) is 25.8 Å². The number of carboxylic acid groups (broad SMARTS) is 1. The van der Waals surface area contributed by atoms with Gasteiger partial charge in [-0.15, -0.1) is 0 Å². The normalized spacial score (nSPS) is 19.6. The topological polar surface area (TPSA) is 69.6 Å². The zero-order valence-electron chi connectivity index (χ0n) is 12.2. The van der Waals surface area contributed by atoms with E-state index < -0.39 is 29.8 Å². The van der Waals surface area contributed by atoms with E-state index in [2.05, 4.69) is 5.32 Å². The van der Waals surface area contributed by atoms with Crippen LogP contribution in [-0.4, -0.2) is 35.1 Å². The number of amides is 2. The van der Waals surface area contributed by atoms with Crippen LogP contribution in [0, 0.1) is 11.7 Å². The molecule has 0 aliphatic carbocycles. The summed E-state index contributed by atoms with van der Waals surface area (Å²) in [6.45, 7) is 2.30. The lowest BCUT2D eigenvalue weighted by atomic mass is 9.98. The SMILES string of the molecule is CC(NC(=O)N1CCCC(C(=O)O)C1)c1c(F)cccc1Cl. The van der Waals surface area contributed by atoms with E-state index >= 15 is 0 Å². The molecule has 1 fully saturated rings. The average molecular weight is 329 g/mol. The van der Waals surface area contributed by atoms with Crippen LogP contribution in [0.4, 0.5) is 9.18 Å². The van der Waals surface area contributed by atoms with Gasteiger partial charge in [0.15, 0.2) is 0 Å². The Labute approximate surface area is 133 Å². The van der Waals surface area contributed by atoms with Gasteiger partial charge in [0.05, 0.1) is 12.0 Å². The van der Waals surface area contributed by atoms with Crippen molar-refractivity contribution in [1.29, 1.82) is 0 Å². The van der Waals surface area contributed by atoms with Crippen molar-refractivity contribution in [2.24, 2.45) is 5.92 Å². The Morgan fingerprint density at radius 2 is 2.23 bits per heavy atom. The highest BCUT2D eigenvalue weighted by atomic mass is 35.5. The fraction of sp³-hybridized carbons (Fsp3) is 0.467. The third-order valence-corrected chi connectivity index (χ3v) is 4.16. The molecule has 0 radical (unpaired) electrons. The van der Waals surface area contributed by atoms with Crippen molar-refractivity contribution < 1.29 is 19.1 Å². The number of carbonyl (C=O) groups is 2. The van der Waals surface area contributed by atoms with Crippen LogP contribution in [-0.2, 0) is 4.79 Å². The van der Waals surface area contributed by atoms with Gasteiger partial charge in [0.25, 0.3) is 0 Å². The Kier molecular flexibility index (Phi) is 5.24. The van der Waals surface area contributed by atoms with Crippen LogP contribution in [0.15, 0.2) is 18.2 Å². The van der Waals surface area contributed by atoms with Gasteiger partial charge in [-0.25, -0.2) is 9.18 Å². The van der Waals surface area contributed by atoms with Gasteiger partial charge in [0.1, 0.15) is 5.82 Å². The number of hydrogen-bond donors (Lipinski definition) is 2. The summed E-state index contributed by atoms with van der Waals surface area (Å²) >= 11 is 5.98. The maximum Gasteiger partial charge on any atom is 0.317 e. The fourth-order valence-electron chi connectivity index (χ4n) is 2.64. The van der Waals surface area contributed by atoms with Gasteiger partial charge in [-0.3, -0.25) is 4.79 Å². The first-order valence-corrected chi connectivity index (χ1v) is 7.50. The summed E-state index contributed by atoms with van der Waals surface area (Å²) in [5.74, 6) is -1.93. The molecule has 2 N–H and O–H groups in total. The zero-order chi connectivity index (χ0) is 16.3. The Morgan fingerprint density at radius 3 is 2.86 bits per heavy atom. The molecule has 1 heterocycles. The highest BCUT2D eigenvalue weighted by Gasteiger charge is 2.29. The van der Waals surface area contributed by atoms with Crippen LogP contribution < -0.4 is 5.32 Å². The largest absolute Gasteiger partial charge is 0.481 e. The lowest BCUT2D eigenvalue weighted by molar-refractivity contribution is -0.143. The molecule has 2 amide bonds. The number of nitrogens with one attached hydrogen (secondary N) is 1. The molecule has 0 aromatic heterocycles. The zero-order valence-corrected chi connectivity index (χ0v) is 12.9. The number of hydrogen-bond acceptors (Lipinski definition) is 2. The molecule has 0 saturated carbocycles. The summed E-state index contributed by atoms with van der Waals surface area (Å²) in [7, 11) is 0. The first-order chi connectivity index (χ1) is 10.4. The van der Waals surface area contributed by atoms with E-state index in [9.17, 15) is 14.0 Å². The van der Waals surface area contributed by atoms with Gasteiger partial charge < -0.3 is 15.3 Å². The number of carbonyl (C=O) groups excluding carboxylic acids is 1. The van der Waals surface area contributed by atoms with E-state index in [-0.39, 0.29) is 17.1 Å². The Balaban J connectivity index is 2.03. The van der Waals surface area contributed by atoms with Gasteiger partial charge in [0, 0.05) is 23.7 Å². The van der Waals surface area contributed by atoms with E-state index in [4.69, 9.17) is 16.7 Å². The average Bonchev–Trinajstić information content (AvgIpc) is 2.47. The summed E-state index contributed by atoms with van der Waals surface area (Å²) in [6.07, 6.45) is 1.20. The minimum Gasteiger partial charge on any atom is -0.481 e. The van der Waals surface area contributed by atoms with Gasteiger partial charge in [-0.2, -0.15) is 0 Å². The van der Waals surface area contributed by atoms with Crippen LogP contribution in [0.5, 0.6) is 0 Å². The van der Waals surface area contributed by atoms with Crippen molar-refractivity contribution in [3.8, 4) is 0 Å². The van der Waals surface area contributed by atoms with E-state index in [1.807, 2.05) is 0 Å². The smallest absolute Gasteiger partial charge is 0.317 e. The molecular weight excluding hydrogens is 311 g/mol. The fourth-order valence-corrected chi connectivity index (χ4v) is 2.96. The number of carboxylic acids is 1. The number of halogens is 2. The summed E-state index contributed by atoms with van der Waals surface area (Å²) in [5, 5.41) is 12.0. The van der Waals surface area contributed by atoms with Crippen LogP contribution in [0.25, 0.3) is 0 Å². The number of benzene rings is 1. The molecule has 0 bridgehead atoms. The Bertz CT molecular complexity index is 562. The van der Waals surface area contributed by atoms with Crippen LogP contribution in [0.1, 0.15) is 31.4 Å². The number of urea groups is 1. The molecule has 1 aromatic rings. The number of nitrogens with zero attached hydrogens (tertiary/aromatic N) is 1. The minimum atomic E-state index is -0.900. The highest BCUT2D eigenvalue weighted by Crippen LogP contribution is 2.26. The molecule has 1 aliphatic heterocycles. The van der Waals surface area contributed by atoms with E-state index in [1.165, 1.54) is 17.0 Å². The molecule has 120 valence electrons. The highest BCUT2D eigenvalue weighted by molar-refractivity contribution is 6.31. The summed E-state index contributed by atoms with van der Waals surface area (Å²) < 4.78 is 13.8. The van der Waals surface area contributed by atoms with Crippen molar-refractivity contribution in [3.05, 3.63) is 34.6 Å². The lowest BCUT2D eigenvalue weighted by Crippen LogP contribution is -2.47. The molecule has 1 saturated heterocycles. The molecule has 1 aliphatic rings. The van der Waals surface area contributed by atoms with Crippen LogP contribution >= 0.6 is 11.6 Å². The molecule has 7 heteroatoms. The number of aliphatic carboxylic acids is 1. The molecule has 0 spiro atoms. The lowest BCUT2D eigenvalue weighted by Gasteiger charge is -2.32. The molecule has 2 rings (SSSR count). The van der Waals surface area contributed by atoms with Crippen LogP contribution in [0.3, 0.4) is 0 Å². The first kappa shape index (κ1) is 16.5. The Morgan fingerprint density at radius 1 is 1.50 bits per heavy atom. The predicted octanol–water partition coefficient (Wildman–Crippen LogP) is 3.05. The quantitative estimate of drug-likeness (QED) is 0.896. The number of likely N-dealkylation sites (tertiary alicyclic amines) is 1. The summed E-state index contributed by atoms with van der Waals surface area (Å²) in [4.78, 5) is 24.7. The maximum atomic E-state index is 13.8. The second kappa shape index (κ2) is 6.96. The van der Waals surface area contributed by atoms with Crippen molar-refractivity contribution in [1.82, 2.24) is 10.2 Å². The second-order valence-electron chi connectivity index (χ2n) is 5.43. The van der Waals surface area contributed by atoms with E-state index in [0.717, 1.165) is 0 Å². The predicted molar refractivity (Wildman–Crippen MR) is 80.3 cm³/mol. The number of piperidine rings is 1. The van der Waals surface area contributed by atoms with Gasteiger partial charge >= 0.3 is 12.0 Å². The minimum absolute atomic E-state index is 0.166. The molecule has 2 atom stereocenters. The maximum absolute atomic E-state index is 13.8. The summed E-state index contributed by atoms with van der Waals surface area (Å²) in [6, 6.07) is 3.33. The standard InChI is InChI=1S/C15H18ClFN2O3/c1-9(13-11(16)5-2-6-12(13)17)18-15(22)19-7-3-4-10(8-19)14(20)21/h2,5-6,9-10H,3-4,7-8H2,1H3,(H,18,22)(H,20,21). The second-order valence-corrected chi connectivity index (χ2v) is 5.84. The number of rotatable bonds is 3. The van der Waals surface area contributed by atoms with Gasteiger partial charge in [-0.1, -0.05) is 17.7 Å². The van der Waals surface area contributed by atoms with E-state index in [1.54, 1.807) is 13.0 Å². The molecule has 5 nitrogen and oxygen atoms in total. The van der Waals surface area contributed by atoms with Gasteiger partial charge in [-0.05, 0) is 31.9 Å².